The van der Waals surface area contributed by atoms with Crippen LogP contribution in [0.2, 0.25) is 0 Å². The first-order valence-electron chi connectivity index (χ1n) is 5.11. The third-order valence-electron chi connectivity index (χ3n) is 2.74. The molecule has 15 heavy (non-hydrogen) atoms. The van der Waals surface area contributed by atoms with Gasteiger partial charge >= 0.3 is 0 Å². The number of ether oxygens (including phenoxy) is 2. The molecule has 82 valence electrons. The Morgan fingerprint density at radius 3 is 2.87 bits per heavy atom. The normalized spacial score (nSPS) is 24.4. The lowest BCUT2D eigenvalue weighted by molar-refractivity contribution is 0.0329. The molecule has 0 atom stereocenters. The minimum absolute atomic E-state index is 0.422. The van der Waals surface area contributed by atoms with Gasteiger partial charge in [-0.05, 0) is 18.9 Å². The number of methoxy groups -OCH3 is 2. The van der Waals surface area contributed by atoms with Crippen LogP contribution < -0.4 is 10.1 Å². The quantitative estimate of drug-likeness (QED) is 0.817. The van der Waals surface area contributed by atoms with Crippen molar-refractivity contribution >= 4 is 5.69 Å². The zero-order valence-corrected chi connectivity index (χ0v) is 9.06. The maximum absolute atomic E-state index is 5.22. The fourth-order valence-electron chi connectivity index (χ4n) is 1.72. The Labute approximate surface area is 89.6 Å². The molecule has 0 spiro atoms. The van der Waals surface area contributed by atoms with E-state index < -0.39 is 0 Å². The maximum Gasteiger partial charge on any atom is 0.214 e. The highest BCUT2D eigenvalue weighted by atomic mass is 16.5. The average Bonchev–Trinajstić information content (AvgIpc) is 2.23. The number of rotatable bonds is 4. The van der Waals surface area contributed by atoms with E-state index in [9.17, 15) is 0 Å². The predicted molar refractivity (Wildman–Crippen MR) is 58.2 cm³/mol. The van der Waals surface area contributed by atoms with E-state index >= 15 is 0 Å². The molecular weight excluding hydrogens is 192 g/mol. The summed E-state index contributed by atoms with van der Waals surface area (Å²) < 4.78 is 10.3. The molecule has 1 aromatic heterocycles. The minimum atomic E-state index is 0.422. The van der Waals surface area contributed by atoms with Gasteiger partial charge in [-0.1, -0.05) is 0 Å². The number of anilines is 1. The summed E-state index contributed by atoms with van der Waals surface area (Å²) in [6, 6.07) is 4.37. The molecule has 4 nitrogen and oxygen atoms in total. The van der Waals surface area contributed by atoms with Crippen LogP contribution in [0.5, 0.6) is 5.88 Å². The standard InChI is InChI=1S/C11H16N2O2/c1-14-10-5-9(6-10)13-8-3-4-12-11(7-8)15-2/h3-4,7,9-10H,5-6H2,1-2H3,(H,12,13). The van der Waals surface area contributed by atoms with E-state index in [0.717, 1.165) is 18.5 Å². The van der Waals surface area contributed by atoms with Crippen molar-refractivity contribution in [2.24, 2.45) is 0 Å². The average molecular weight is 208 g/mol. The number of hydrogen-bond donors (Lipinski definition) is 1. The molecule has 1 saturated carbocycles. The molecule has 1 N–H and O–H groups in total. The second-order valence-corrected chi connectivity index (χ2v) is 3.76. The number of pyridine rings is 1. The molecule has 0 radical (unpaired) electrons. The highest BCUT2D eigenvalue weighted by Gasteiger charge is 2.28. The first-order chi connectivity index (χ1) is 7.31. The van der Waals surface area contributed by atoms with Crippen LogP contribution in [0, 0.1) is 0 Å². The van der Waals surface area contributed by atoms with Gasteiger partial charge in [-0.3, -0.25) is 0 Å². The molecular formula is C11H16N2O2. The van der Waals surface area contributed by atoms with E-state index in [2.05, 4.69) is 10.3 Å². The molecule has 1 aromatic rings. The van der Waals surface area contributed by atoms with Crippen molar-refractivity contribution in [3.8, 4) is 5.88 Å². The van der Waals surface area contributed by atoms with Gasteiger partial charge in [0, 0.05) is 31.1 Å². The van der Waals surface area contributed by atoms with Crippen molar-refractivity contribution in [2.45, 2.75) is 25.0 Å². The molecule has 0 bridgehead atoms. The van der Waals surface area contributed by atoms with E-state index in [1.807, 2.05) is 12.1 Å². The lowest BCUT2D eigenvalue weighted by Crippen LogP contribution is -2.40. The summed E-state index contributed by atoms with van der Waals surface area (Å²) in [7, 11) is 3.38. The molecule has 1 aliphatic rings. The van der Waals surface area contributed by atoms with Crippen molar-refractivity contribution in [3.63, 3.8) is 0 Å². The van der Waals surface area contributed by atoms with Crippen molar-refractivity contribution in [1.29, 1.82) is 0 Å². The summed E-state index contributed by atoms with van der Waals surface area (Å²) >= 11 is 0. The second kappa shape index (κ2) is 4.49. The Morgan fingerprint density at radius 2 is 2.20 bits per heavy atom. The maximum atomic E-state index is 5.22. The second-order valence-electron chi connectivity index (χ2n) is 3.76. The molecule has 0 saturated heterocycles. The van der Waals surface area contributed by atoms with Gasteiger partial charge in [-0.25, -0.2) is 4.98 Å². The van der Waals surface area contributed by atoms with Gasteiger partial charge in [0.2, 0.25) is 5.88 Å². The highest BCUT2D eigenvalue weighted by molar-refractivity contribution is 5.46. The van der Waals surface area contributed by atoms with Gasteiger partial charge in [0.25, 0.3) is 0 Å². The first-order valence-corrected chi connectivity index (χ1v) is 5.11. The van der Waals surface area contributed by atoms with Crippen LogP contribution in [0.4, 0.5) is 5.69 Å². The van der Waals surface area contributed by atoms with Crippen LogP contribution in [-0.2, 0) is 4.74 Å². The van der Waals surface area contributed by atoms with Crippen LogP contribution >= 0.6 is 0 Å². The van der Waals surface area contributed by atoms with Crippen molar-refractivity contribution in [3.05, 3.63) is 18.3 Å². The number of hydrogen-bond acceptors (Lipinski definition) is 4. The van der Waals surface area contributed by atoms with E-state index in [1.54, 1.807) is 20.4 Å². The fraction of sp³-hybridized carbons (Fsp3) is 0.545. The number of nitrogens with zero attached hydrogens (tertiary/aromatic N) is 1. The van der Waals surface area contributed by atoms with Crippen LogP contribution in [0.25, 0.3) is 0 Å². The Bertz CT molecular complexity index is 324. The third-order valence-corrected chi connectivity index (χ3v) is 2.74. The van der Waals surface area contributed by atoms with Crippen LogP contribution in [0.3, 0.4) is 0 Å². The van der Waals surface area contributed by atoms with Gasteiger partial charge in [0.05, 0.1) is 13.2 Å². The molecule has 1 fully saturated rings. The highest BCUT2D eigenvalue weighted by Crippen LogP contribution is 2.26. The Balaban J connectivity index is 1.88. The molecule has 0 amide bonds. The summed E-state index contributed by atoms with van der Waals surface area (Å²) in [5.74, 6) is 0.641. The minimum Gasteiger partial charge on any atom is -0.481 e. The lowest BCUT2D eigenvalue weighted by atomic mass is 9.89. The summed E-state index contributed by atoms with van der Waals surface area (Å²) in [6.45, 7) is 0. The molecule has 1 aliphatic carbocycles. The van der Waals surface area contributed by atoms with Crippen LogP contribution in [-0.4, -0.2) is 31.3 Å². The summed E-state index contributed by atoms with van der Waals surface area (Å²) in [5, 5.41) is 3.42. The van der Waals surface area contributed by atoms with Crippen molar-refractivity contribution in [1.82, 2.24) is 4.98 Å². The molecule has 2 rings (SSSR count). The van der Waals surface area contributed by atoms with Gasteiger partial charge < -0.3 is 14.8 Å². The predicted octanol–water partition coefficient (Wildman–Crippen LogP) is 1.68. The van der Waals surface area contributed by atoms with Gasteiger partial charge in [0.15, 0.2) is 0 Å². The summed E-state index contributed by atoms with van der Waals surface area (Å²) in [5.41, 5.74) is 1.06. The Morgan fingerprint density at radius 1 is 1.40 bits per heavy atom. The topological polar surface area (TPSA) is 43.4 Å². The largest absolute Gasteiger partial charge is 0.481 e. The lowest BCUT2D eigenvalue weighted by Gasteiger charge is -2.35. The SMILES string of the molecule is COc1cc(NC2CC(OC)C2)ccn1. The fourth-order valence-corrected chi connectivity index (χ4v) is 1.72. The molecule has 1 heterocycles. The smallest absolute Gasteiger partial charge is 0.214 e. The van der Waals surface area contributed by atoms with Gasteiger partial charge in [-0.2, -0.15) is 0 Å². The molecule has 4 heteroatoms. The Hall–Kier alpha value is -1.29. The monoisotopic (exact) mass is 208 g/mol. The Kier molecular flexibility index (Phi) is 3.06. The third kappa shape index (κ3) is 2.39. The molecule has 0 unspecified atom stereocenters. The number of aromatic nitrogens is 1. The van der Waals surface area contributed by atoms with Gasteiger partial charge in [-0.15, -0.1) is 0 Å². The van der Waals surface area contributed by atoms with Crippen molar-refractivity contribution < 1.29 is 9.47 Å². The van der Waals surface area contributed by atoms with E-state index in [0.29, 0.717) is 18.0 Å². The summed E-state index contributed by atoms with van der Waals surface area (Å²) in [6.07, 6.45) is 4.31. The number of nitrogens with one attached hydrogen (secondary N) is 1. The van der Waals surface area contributed by atoms with Crippen molar-refractivity contribution in [2.75, 3.05) is 19.5 Å². The zero-order valence-electron chi connectivity index (χ0n) is 9.06. The van der Waals surface area contributed by atoms with Crippen LogP contribution in [0.15, 0.2) is 18.3 Å². The van der Waals surface area contributed by atoms with Crippen LogP contribution in [0.1, 0.15) is 12.8 Å². The first kappa shape index (κ1) is 10.2. The molecule has 0 aromatic carbocycles. The van der Waals surface area contributed by atoms with E-state index in [-0.39, 0.29) is 0 Å². The van der Waals surface area contributed by atoms with Gasteiger partial charge in [0.1, 0.15) is 0 Å². The molecule has 0 aliphatic heterocycles. The van der Waals surface area contributed by atoms with E-state index in [1.165, 1.54) is 0 Å². The zero-order chi connectivity index (χ0) is 10.7. The van der Waals surface area contributed by atoms with E-state index in [4.69, 9.17) is 9.47 Å². The summed E-state index contributed by atoms with van der Waals surface area (Å²) in [4.78, 5) is 4.05.